The van der Waals surface area contributed by atoms with Crippen molar-refractivity contribution in [1.29, 1.82) is 0 Å². The lowest BCUT2D eigenvalue weighted by Gasteiger charge is -2.23. The molecule has 0 radical (unpaired) electrons. The maximum absolute atomic E-state index is 11.9. The molecule has 0 amide bonds. The molecule has 6 heteroatoms. The van der Waals surface area contributed by atoms with Crippen molar-refractivity contribution in [2.75, 3.05) is 4.90 Å². The van der Waals surface area contributed by atoms with Crippen molar-refractivity contribution in [2.45, 2.75) is 11.8 Å². The molecule has 0 atom stereocenters. The zero-order valence-corrected chi connectivity index (χ0v) is 11.0. The van der Waals surface area contributed by atoms with Crippen molar-refractivity contribution in [1.82, 2.24) is 4.98 Å². The lowest BCUT2D eigenvalue weighted by molar-refractivity contribution is 0.597. The number of anilines is 2. The molecule has 3 rings (SSSR count). The molecular formula is C13H11N3O2S. The highest BCUT2D eigenvalue weighted by atomic mass is 32.2. The molecule has 96 valence electrons. The number of sulfonamides is 1. The van der Waals surface area contributed by atoms with E-state index in [1.54, 1.807) is 17.2 Å². The number of benzene rings is 1. The number of hydrogen-bond donors (Lipinski definition) is 0. The third kappa shape index (κ3) is 2.00. The van der Waals surface area contributed by atoms with Crippen molar-refractivity contribution < 1.29 is 8.42 Å². The fraction of sp³-hybridized carbons (Fsp3) is 0.0769. The first-order valence-electron chi connectivity index (χ1n) is 5.69. The SMILES string of the molecule is Cc1cccc(N2C=NS(=O)(=O)c3cccnc32)c1. The van der Waals surface area contributed by atoms with E-state index >= 15 is 0 Å². The van der Waals surface area contributed by atoms with Gasteiger partial charge >= 0.3 is 0 Å². The van der Waals surface area contributed by atoms with Crippen LogP contribution in [0, 0.1) is 6.92 Å². The van der Waals surface area contributed by atoms with Crippen molar-refractivity contribution in [3.8, 4) is 0 Å². The Labute approximate surface area is 111 Å². The van der Waals surface area contributed by atoms with Gasteiger partial charge in [-0.2, -0.15) is 8.42 Å². The average Bonchev–Trinajstić information content (AvgIpc) is 2.39. The molecule has 1 aromatic carbocycles. The number of nitrogens with zero attached hydrogens (tertiary/aromatic N) is 3. The number of aromatic nitrogens is 1. The first kappa shape index (κ1) is 11.9. The van der Waals surface area contributed by atoms with Crippen LogP contribution in [0.2, 0.25) is 0 Å². The molecule has 0 saturated heterocycles. The fourth-order valence-electron chi connectivity index (χ4n) is 1.95. The Kier molecular flexibility index (Phi) is 2.60. The summed E-state index contributed by atoms with van der Waals surface area (Å²) in [5.41, 5.74) is 1.91. The summed E-state index contributed by atoms with van der Waals surface area (Å²) < 4.78 is 27.3. The van der Waals surface area contributed by atoms with E-state index in [0.717, 1.165) is 11.3 Å². The van der Waals surface area contributed by atoms with Crippen molar-refractivity contribution in [3.63, 3.8) is 0 Å². The second kappa shape index (κ2) is 4.17. The molecule has 19 heavy (non-hydrogen) atoms. The molecule has 0 spiro atoms. The number of fused-ring (bicyclic) bond motifs is 1. The minimum Gasteiger partial charge on any atom is -0.283 e. The van der Waals surface area contributed by atoms with E-state index in [4.69, 9.17) is 0 Å². The predicted octanol–water partition coefficient (Wildman–Crippen LogP) is 2.26. The highest BCUT2D eigenvalue weighted by Crippen LogP contribution is 2.32. The van der Waals surface area contributed by atoms with Gasteiger partial charge in [-0.15, -0.1) is 4.40 Å². The van der Waals surface area contributed by atoms with Gasteiger partial charge in [-0.3, -0.25) is 4.90 Å². The van der Waals surface area contributed by atoms with Gasteiger partial charge in [-0.25, -0.2) is 4.98 Å². The van der Waals surface area contributed by atoms with E-state index in [1.807, 2.05) is 31.2 Å². The van der Waals surface area contributed by atoms with Crippen molar-refractivity contribution >= 4 is 27.9 Å². The summed E-state index contributed by atoms with van der Waals surface area (Å²) in [5.74, 6) is 0.378. The molecule has 1 aromatic heterocycles. The molecule has 0 bridgehead atoms. The third-order valence-corrected chi connectivity index (χ3v) is 4.08. The fourth-order valence-corrected chi connectivity index (χ4v) is 2.92. The van der Waals surface area contributed by atoms with Gasteiger partial charge in [-0.05, 0) is 36.8 Å². The normalized spacial score (nSPS) is 16.2. The van der Waals surface area contributed by atoms with Crippen LogP contribution in [0.4, 0.5) is 11.5 Å². The van der Waals surface area contributed by atoms with Gasteiger partial charge in [0.1, 0.15) is 11.2 Å². The first-order valence-corrected chi connectivity index (χ1v) is 7.13. The molecule has 0 saturated carbocycles. The number of hydrogen-bond acceptors (Lipinski definition) is 4. The van der Waals surface area contributed by atoms with E-state index in [1.165, 1.54) is 12.4 Å². The van der Waals surface area contributed by atoms with Gasteiger partial charge in [0.15, 0.2) is 5.82 Å². The molecule has 1 aliphatic rings. The smallest absolute Gasteiger partial charge is 0.283 e. The van der Waals surface area contributed by atoms with Crippen LogP contribution in [0.25, 0.3) is 0 Å². The van der Waals surface area contributed by atoms with Crippen molar-refractivity contribution in [3.05, 3.63) is 48.2 Å². The molecule has 2 heterocycles. The summed E-state index contributed by atoms with van der Waals surface area (Å²) in [5, 5.41) is 0. The largest absolute Gasteiger partial charge is 0.287 e. The van der Waals surface area contributed by atoms with Crippen molar-refractivity contribution in [2.24, 2.45) is 4.40 Å². The summed E-state index contributed by atoms with van der Waals surface area (Å²) >= 11 is 0. The van der Waals surface area contributed by atoms with Gasteiger partial charge in [0.25, 0.3) is 10.0 Å². The predicted molar refractivity (Wildman–Crippen MR) is 73.2 cm³/mol. The Morgan fingerprint density at radius 1 is 1.16 bits per heavy atom. The molecule has 0 fully saturated rings. The second-order valence-corrected chi connectivity index (χ2v) is 5.83. The standard InChI is InChI=1S/C13H11N3O2S/c1-10-4-2-5-11(8-10)16-9-15-19(17,18)12-6-3-7-14-13(12)16/h2-9H,1H3. The Hall–Kier alpha value is -2.21. The lowest BCUT2D eigenvalue weighted by atomic mass is 10.2. The van der Waals surface area contributed by atoms with E-state index in [9.17, 15) is 8.42 Å². The van der Waals surface area contributed by atoms with Gasteiger partial charge in [0.2, 0.25) is 0 Å². The summed E-state index contributed by atoms with van der Waals surface area (Å²) in [7, 11) is -3.63. The van der Waals surface area contributed by atoms with Crippen LogP contribution >= 0.6 is 0 Å². The van der Waals surface area contributed by atoms with Crippen LogP contribution in [-0.2, 0) is 10.0 Å². The lowest BCUT2D eigenvalue weighted by Crippen LogP contribution is -2.23. The van der Waals surface area contributed by atoms with Crippen LogP contribution in [0.5, 0.6) is 0 Å². The van der Waals surface area contributed by atoms with E-state index in [-0.39, 0.29) is 4.90 Å². The number of rotatable bonds is 1. The summed E-state index contributed by atoms with van der Waals surface area (Å²) in [6.07, 6.45) is 2.86. The zero-order chi connectivity index (χ0) is 13.5. The highest BCUT2D eigenvalue weighted by molar-refractivity contribution is 7.90. The van der Waals surface area contributed by atoms with Crippen LogP contribution in [0.15, 0.2) is 51.9 Å². The Morgan fingerprint density at radius 3 is 2.79 bits per heavy atom. The topological polar surface area (TPSA) is 62.6 Å². The number of aryl methyl sites for hydroxylation is 1. The molecule has 0 aliphatic carbocycles. The van der Waals surface area contributed by atoms with Crippen LogP contribution in [-0.4, -0.2) is 19.7 Å². The van der Waals surface area contributed by atoms with Gasteiger partial charge in [0.05, 0.1) is 0 Å². The maximum atomic E-state index is 11.9. The average molecular weight is 273 g/mol. The summed E-state index contributed by atoms with van der Waals surface area (Å²) in [6.45, 7) is 1.97. The molecule has 5 nitrogen and oxygen atoms in total. The van der Waals surface area contributed by atoms with Crippen LogP contribution < -0.4 is 4.90 Å². The molecule has 0 unspecified atom stereocenters. The Balaban J connectivity index is 2.21. The van der Waals surface area contributed by atoms with Gasteiger partial charge in [-0.1, -0.05) is 12.1 Å². The van der Waals surface area contributed by atoms with E-state index in [0.29, 0.717) is 5.82 Å². The first-order chi connectivity index (χ1) is 9.08. The second-order valence-electron chi connectivity index (χ2n) is 4.23. The van der Waals surface area contributed by atoms with Gasteiger partial charge < -0.3 is 0 Å². The molecule has 0 N–H and O–H groups in total. The quantitative estimate of drug-likeness (QED) is 0.799. The van der Waals surface area contributed by atoms with Gasteiger partial charge in [0, 0.05) is 11.9 Å². The van der Waals surface area contributed by atoms with E-state index < -0.39 is 10.0 Å². The number of pyridine rings is 1. The molecular weight excluding hydrogens is 262 g/mol. The minimum atomic E-state index is -3.63. The maximum Gasteiger partial charge on any atom is 0.287 e. The molecule has 1 aliphatic heterocycles. The van der Waals surface area contributed by atoms with Crippen LogP contribution in [0.1, 0.15) is 5.56 Å². The molecule has 2 aromatic rings. The zero-order valence-electron chi connectivity index (χ0n) is 10.2. The summed E-state index contributed by atoms with van der Waals surface area (Å²) in [6, 6.07) is 10.8. The summed E-state index contributed by atoms with van der Waals surface area (Å²) in [4.78, 5) is 5.95. The monoisotopic (exact) mass is 273 g/mol. The van der Waals surface area contributed by atoms with E-state index in [2.05, 4.69) is 9.38 Å². The highest BCUT2D eigenvalue weighted by Gasteiger charge is 2.26. The third-order valence-electron chi connectivity index (χ3n) is 2.84. The Bertz CT molecular complexity index is 769. The van der Waals surface area contributed by atoms with Crippen LogP contribution in [0.3, 0.4) is 0 Å². The minimum absolute atomic E-state index is 0.124. The Morgan fingerprint density at radius 2 is 2.00 bits per heavy atom.